The Morgan fingerprint density at radius 3 is 2.58 bits per heavy atom. The van der Waals surface area contributed by atoms with E-state index in [1.165, 1.54) is 17.4 Å². The monoisotopic (exact) mass is 364 g/mol. The maximum atomic E-state index is 12.3. The van der Waals surface area contributed by atoms with Crippen molar-refractivity contribution in [2.24, 2.45) is 0 Å². The Labute approximate surface area is 153 Å². The van der Waals surface area contributed by atoms with Crippen LogP contribution in [0.5, 0.6) is 5.75 Å². The van der Waals surface area contributed by atoms with E-state index in [2.05, 4.69) is 4.98 Å². The zero-order chi connectivity index (χ0) is 18.3. The van der Waals surface area contributed by atoms with Gasteiger partial charge in [0, 0.05) is 42.2 Å². The molecule has 0 radical (unpaired) electrons. The summed E-state index contributed by atoms with van der Waals surface area (Å²) in [4.78, 5) is 19.0. The van der Waals surface area contributed by atoms with Crippen LogP contribution in [0.15, 0.2) is 63.1 Å². The molecule has 5 nitrogen and oxygen atoms in total. The molecule has 0 atom stereocenters. The number of nitrogens with zero attached hydrogens (tertiary/aromatic N) is 2. The van der Waals surface area contributed by atoms with E-state index in [1.807, 2.05) is 48.6 Å². The Hall–Kier alpha value is -3.12. The lowest BCUT2D eigenvalue weighted by Gasteiger charge is -2.11. The standard InChI is InChI=1S/C20H16N2O3S/c1-22(2)14-6-3-12(4-7-14)19-21-17(11-26-19)16-9-13-5-8-15(23)10-18(13)25-20(16)24/h3-11,23H,1-2H3. The van der Waals surface area contributed by atoms with Crippen LogP contribution in [-0.2, 0) is 0 Å². The van der Waals surface area contributed by atoms with E-state index in [1.54, 1.807) is 18.2 Å². The average molecular weight is 364 g/mol. The van der Waals surface area contributed by atoms with Crippen LogP contribution in [0.3, 0.4) is 0 Å². The molecule has 0 spiro atoms. The van der Waals surface area contributed by atoms with Gasteiger partial charge in [0.25, 0.3) is 0 Å². The first-order valence-corrected chi connectivity index (χ1v) is 8.90. The highest BCUT2D eigenvalue weighted by atomic mass is 32.1. The van der Waals surface area contributed by atoms with E-state index >= 15 is 0 Å². The fraction of sp³-hybridized carbons (Fsp3) is 0.100. The Balaban J connectivity index is 1.74. The van der Waals surface area contributed by atoms with Gasteiger partial charge in [0.15, 0.2) is 0 Å². The number of phenols is 1. The van der Waals surface area contributed by atoms with Crippen LogP contribution in [-0.4, -0.2) is 24.2 Å². The second-order valence-electron chi connectivity index (χ2n) is 6.15. The molecule has 6 heteroatoms. The van der Waals surface area contributed by atoms with Gasteiger partial charge < -0.3 is 14.4 Å². The summed E-state index contributed by atoms with van der Waals surface area (Å²) >= 11 is 1.48. The van der Waals surface area contributed by atoms with Crippen molar-refractivity contribution in [3.63, 3.8) is 0 Å². The number of rotatable bonds is 3. The van der Waals surface area contributed by atoms with Crippen molar-refractivity contribution >= 4 is 28.0 Å². The quantitative estimate of drug-likeness (QED) is 0.547. The number of hydrogen-bond donors (Lipinski definition) is 1. The second kappa shape index (κ2) is 6.31. The van der Waals surface area contributed by atoms with Crippen molar-refractivity contribution in [3.05, 3.63) is 64.3 Å². The van der Waals surface area contributed by atoms with Gasteiger partial charge in [0.05, 0.1) is 11.3 Å². The van der Waals surface area contributed by atoms with Crippen LogP contribution in [0.25, 0.3) is 32.8 Å². The minimum Gasteiger partial charge on any atom is -0.508 e. The number of phenolic OH excluding ortho intramolecular Hbond substituents is 1. The topological polar surface area (TPSA) is 66.6 Å². The van der Waals surface area contributed by atoms with Crippen molar-refractivity contribution in [2.75, 3.05) is 19.0 Å². The average Bonchev–Trinajstić information content (AvgIpc) is 3.11. The van der Waals surface area contributed by atoms with Crippen molar-refractivity contribution in [1.82, 2.24) is 4.98 Å². The number of aromatic hydroxyl groups is 1. The molecule has 0 unspecified atom stereocenters. The predicted molar refractivity (Wildman–Crippen MR) is 105 cm³/mol. The van der Waals surface area contributed by atoms with Gasteiger partial charge in [0.1, 0.15) is 16.3 Å². The number of aromatic nitrogens is 1. The van der Waals surface area contributed by atoms with Crippen LogP contribution in [0.1, 0.15) is 0 Å². The number of benzene rings is 2. The molecule has 1 N–H and O–H groups in total. The summed E-state index contributed by atoms with van der Waals surface area (Å²) in [6.45, 7) is 0. The molecule has 0 saturated heterocycles. The highest BCUT2D eigenvalue weighted by Crippen LogP contribution is 2.30. The molecule has 2 aromatic carbocycles. The smallest absolute Gasteiger partial charge is 0.345 e. The lowest BCUT2D eigenvalue weighted by atomic mass is 10.1. The SMILES string of the molecule is CN(C)c1ccc(-c2nc(-c3cc4ccc(O)cc4oc3=O)cs2)cc1. The summed E-state index contributed by atoms with van der Waals surface area (Å²) in [6.07, 6.45) is 0. The molecule has 0 aliphatic carbocycles. The highest BCUT2D eigenvalue weighted by molar-refractivity contribution is 7.13. The van der Waals surface area contributed by atoms with E-state index in [4.69, 9.17) is 4.42 Å². The van der Waals surface area contributed by atoms with Crippen LogP contribution >= 0.6 is 11.3 Å². The van der Waals surface area contributed by atoms with E-state index in [9.17, 15) is 9.90 Å². The molecule has 0 fully saturated rings. The summed E-state index contributed by atoms with van der Waals surface area (Å²) in [6, 6.07) is 14.6. The van der Waals surface area contributed by atoms with Gasteiger partial charge in [-0.05, 0) is 42.5 Å². The van der Waals surface area contributed by atoms with Crippen LogP contribution in [0, 0.1) is 0 Å². The third kappa shape index (κ3) is 2.95. The zero-order valence-corrected chi connectivity index (χ0v) is 15.1. The number of hydrogen-bond acceptors (Lipinski definition) is 6. The van der Waals surface area contributed by atoms with Gasteiger partial charge in [-0.2, -0.15) is 0 Å². The molecule has 130 valence electrons. The second-order valence-corrected chi connectivity index (χ2v) is 7.01. The first-order valence-electron chi connectivity index (χ1n) is 8.02. The van der Waals surface area contributed by atoms with Gasteiger partial charge >= 0.3 is 5.63 Å². The maximum absolute atomic E-state index is 12.3. The Morgan fingerprint density at radius 2 is 1.85 bits per heavy atom. The molecule has 2 heterocycles. The van der Waals surface area contributed by atoms with Crippen LogP contribution < -0.4 is 10.5 Å². The van der Waals surface area contributed by atoms with E-state index < -0.39 is 5.63 Å². The Bertz CT molecular complexity index is 1140. The predicted octanol–water partition coefficient (Wildman–Crippen LogP) is 4.36. The normalized spacial score (nSPS) is 11.0. The third-order valence-corrected chi connectivity index (χ3v) is 5.02. The highest BCUT2D eigenvalue weighted by Gasteiger charge is 2.13. The third-order valence-electron chi connectivity index (χ3n) is 4.13. The van der Waals surface area contributed by atoms with Crippen LogP contribution in [0.2, 0.25) is 0 Å². The van der Waals surface area contributed by atoms with Gasteiger partial charge in [-0.25, -0.2) is 9.78 Å². The van der Waals surface area contributed by atoms with E-state index in [0.717, 1.165) is 21.6 Å². The van der Waals surface area contributed by atoms with Crippen molar-refractivity contribution < 1.29 is 9.52 Å². The fourth-order valence-electron chi connectivity index (χ4n) is 2.71. The van der Waals surface area contributed by atoms with Crippen LogP contribution in [0.4, 0.5) is 5.69 Å². The Morgan fingerprint density at radius 1 is 1.08 bits per heavy atom. The number of fused-ring (bicyclic) bond motifs is 1. The largest absolute Gasteiger partial charge is 0.508 e. The molecular weight excluding hydrogens is 348 g/mol. The zero-order valence-electron chi connectivity index (χ0n) is 14.3. The number of thiazole rings is 1. The molecule has 26 heavy (non-hydrogen) atoms. The minimum absolute atomic E-state index is 0.0607. The summed E-state index contributed by atoms with van der Waals surface area (Å²) in [5.74, 6) is 0.0607. The summed E-state index contributed by atoms with van der Waals surface area (Å²) in [5.41, 5.74) is 3.00. The first kappa shape index (κ1) is 16.4. The number of anilines is 1. The first-order chi connectivity index (χ1) is 12.5. The molecule has 4 rings (SSSR count). The molecular formula is C20H16N2O3S. The van der Waals surface area contributed by atoms with E-state index in [0.29, 0.717) is 16.8 Å². The lowest BCUT2D eigenvalue weighted by Crippen LogP contribution is -2.07. The molecule has 2 aromatic heterocycles. The minimum atomic E-state index is -0.470. The summed E-state index contributed by atoms with van der Waals surface area (Å²) < 4.78 is 5.33. The van der Waals surface area contributed by atoms with Crippen molar-refractivity contribution in [3.8, 4) is 27.6 Å². The molecule has 0 saturated carbocycles. The van der Waals surface area contributed by atoms with Gasteiger partial charge in [-0.1, -0.05) is 0 Å². The summed E-state index contributed by atoms with van der Waals surface area (Å²) in [5, 5.41) is 13.0. The van der Waals surface area contributed by atoms with E-state index in [-0.39, 0.29) is 5.75 Å². The van der Waals surface area contributed by atoms with Gasteiger partial charge in [-0.3, -0.25) is 0 Å². The lowest BCUT2D eigenvalue weighted by molar-refractivity contribution is 0.473. The van der Waals surface area contributed by atoms with Gasteiger partial charge in [0.2, 0.25) is 0 Å². The molecule has 0 amide bonds. The maximum Gasteiger partial charge on any atom is 0.345 e. The fourth-order valence-corrected chi connectivity index (χ4v) is 3.54. The summed E-state index contributed by atoms with van der Waals surface area (Å²) in [7, 11) is 3.99. The Kier molecular flexibility index (Phi) is 3.97. The molecule has 4 aromatic rings. The van der Waals surface area contributed by atoms with Crippen molar-refractivity contribution in [2.45, 2.75) is 0 Å². The molecule has 0 aliphatic heterocycles. The van der Waals surface area contributed by atoms with Crippen molar-refractivity contribution in [1.29, 1.82) is 0 Å². The van der Waals surface area contributed by atoms with Gasteiger partial charge in [-0.15, -0.1) is 11.3 Å². The molecule has 0 aliphatic rings. The molecule has 0 bridgehead atoms.